The van der Waals surface area contributed by atoms with Gasteiger partial charge >= 0.3 is 0 Å². The Labute approximate surface area is 125 Å². The average molecular weight is 317 g/mol. The lowest BCUT2D eigenvalue weighted by atomic mass is 10.2. The molecule has 0 fully saturated rings. The van der Waals surface area contributed by atoms with Gasteiger partial charge < -0.3 is 5.73 Å². The molecular formula is C13H11N5O3S. The van der Waals surface area contributed by atoms with E-state index in [4.69, 9.17) is 5.73 Å². The van der Waals surface area contributed by atoms with Gasteiger partial charge in [-0.1, -0.05) is 12.1 Å². The molecule has 0 aliphatic carbocycles. The Balaban J connectivity index is 2.22. The normalized spacial score (nSPS) is 11.7. The number of sulfone groups is 1. The number of nitrogens with zero attached hydrogens (tertiary/aromatic N) is 4. The maximum atomic E-state index is 11.6. The van der Waals surface area contributed by atoms with E-state index < -0.39 is 15.7 Å². The molecule has 0 bridgehead atoms. The van der Waals surface area contributed by atoms with Gasteiger partial charge in [0.2, 0.25) is 0 Å². The van der Waals surface area contributed by atoms with Crippen molar-refractivity contribution in [2.45, 2.75) is 4.90 Å². The lowest BCUT2D eigenvalue weighted by molar-refractivity contribution is 0.0994. The van der Waals surface area contributed by atoms with Crippen molar-refractivity contribution in [3.63, 3.8) is 0 Å². The van der Waals surface area contributed by atoms with Gasteiger partial charge in [-0.05, 0) is 24.3 Å². The topological polar surface area (TPSA) is 120 Å². The van der Waals surface area contributed by atoms with Crippen molar-refractivity contribution in [3.8, 4) is 11.4 Å². The molecule has 1 amide bonds. The highest BCUT2D eigenvalue weighted by Gasteiger charge is 2.14. The van der Waals surface area contributed by atoms with E-state index in [0.717, 1.165) is 6.26 Å². The molecule has 112 valence electrons. The second-order valence-electron chi connectivity index (χ2n) is 4.68. The number of carbonyl (C=O) groups is 1. The van der Waals surface area contributed by atoms with Crippen LogP contribution in [0.25, 0.3) is 17.0 Å². The molecule has 0 radical (unpaired) electrons. The Morgan fingerprint density at radius 2 is 1.95 bits per heavy atom. The van der Waals surface area contributed by atoms with Gasteiger partial charge in [-0.3, -0.25) is 4.79 Å². The second-order valence-corrected chi connectivity index (χ2v) is 6.69. The van der Waals surface area contributed by atoms with Crippen LogP contribution in [0.5, 0.6) is 0 Å². The van der Waals surface area contributed by atoms with Gasteiger partial charge in [-0.2, -0.15) is 9.61 Å². The minimum Gasteiger partial charge on any atom is -0.364 e. The minimum atomic E-state index is -3.34. The maximum absolute atomic E-state index is 11.6. The first-order valence-electron chi connectivity index (χ1n) is 6.19. The molecule has 8 nitrogen and oxygen atoms in total. The summed E-state index contributed by atoms with van der Waals surface area (Å²) >= 11 is 0. The molecule has 0 aliphatic rings. The van der Waals surface area contributed by atoms with Crippen molar-refractivity contribution in [1.29, 1.82) is 0 Å². The van der Waals surface area contributed by atoms with Crippen molar-refractivity contribution < 1.29 is 13.2 Å². The Hall–Kier alpha value is -2.81. The van der Waals surface area contributed by atoms with Crippen molar-refractivity contribution in [3.05, 3.63) is 42.1 Å². The summed E-state index contributed by atoms with van der Waals surface area (Å²) < 4.78 is 24.6. The molecule has 0 saturated heterocycles. The van der Waals surface area contributed by atoms with E-state index >= 15 is 0 Å². The fraction of sp³-hybridized carbons (Fsp3) is 0.0769. The summed E-state index contributed by atoms with van der Waals surface area (Å²) in [6, 6.07) is 9.26. The zero-order valence-electron chi connectivity index (χ0n) is 11.5. The number of rotatable bonds is 3. The lowest BCUT2D eigenvalue weighted by Crippen LogP contribution is -2.14. The van der Waals surface area contributed by atoms with Crippen LogP contribution < -0.4 is 5.73 Å². The zero-order chi connectivity index (χ0) is 15.9. The zero-order valence-corrected chi connectivity index (χ0v) is 12.3. The van der Waals surface area contributed by atoms with Crippen LogP contribution in [0, 0.1) is 0 Å². The van der Waals surface area contributed by atoms with Gasteiger partial charge in [0, 0.05) is 11.8 Å². The molecule has 1 aromatic carbocycles. The van der Waals surface area contributed by atoms with Crippen LogP contribution in [0.4, 0.5) is 0 Å². The molecule has 3 rings (SSSR count). The summed E-state index contributed by atoms with van der Waals surface area (Å²) in [6.45, 7) is 0. The van der Waals surface area contributed by atoms with Crippen LogP contribution in [0.15, 0.2) is 41.3 Å². The van der Waals surface area contributed by atoms with Gasteiger partial charge in [0.15, 0.2) is 21.3 Å². The first kappa shape index (κ1) is 14.1. The van der Waals surface area contributed by atoms with Crippen LogP contribution in [-0.2, 0) is 9.84 Å². The third-order valence-electron chi connectivity index (χ3n) is 3.04. The van der Waals surface area contributed by atoms with Crippen LogP contribution in [0.3, 0.4) is 0 Å². The summed E-state index contributed by atoms with van der Waals surface area (Å²) in [5, 5.41) is 12.0. The van der Waals surface area contributed by atoms with Crippen molar-refractivity contribution >= 4 is 21.4 Å². The Kier molecular flexibility index (Phi) is 3.14. The monoisotopic (exact) mass is 317 g/mol. The smallest absolute Gasteiger partial charge is 0.269 e. The lowest BCUT2D eigenvalue weighted by Gasteiger charge is -2.03. The number of benzene rings is 1. The molecule has 3 aromatic rings. The van der Waals surface area contributed by atoms with Crippen molar-refractivity contribution in [2.75, 3.05) is 6.26 Å². The van der Waals surface area contributed by atoms with E-state index in [-0.39, 0.29) is 10.6 Å². The predicted molar refractivity (Wildman–Crippen MR) is 77.8 cm³/mol. The largest absolute Gasteiger partial charge is 0.364 e. The van der Waals surface area contributed by atoms with E-state index in [1.54, 1.807) is 18.2 Å². The summed E-state index contributed by atoms with van der Waals surface area (Å²) in [6.07, 6.45) is 1.12. The van der Waals surface area contributed by atoms with E-state index in [1.165, 1.54) is 22.7 Å². The standard InChI is InChI=1S/C13H11N5O3S/c1-22(20,21)9-4-2-3-8(7-9)13-16-15-11-6-5-10(12(14)19)17-18(11)13/h2-7H,1H3,(H2,14,19). The van der Waals surface area contributed by atoms with Crippen molar-refractivity contribution in [2.24, 2.45) is 5.73 Å². The van der Waals surface area contributed by atoms with Gasteiger partial charge in [-0.25, -0.2) is 8.42 Å². The molecule has 0 unspecified atom stereocenters. The molecule has 0 atom stereocenters. The average Bonchev–Trinajstić information content (AvgIpc) is 2.89. The molecule has 2 aromatic heterocycles. The maximum Gasteiger partial charge on any atom is 0.269 e. The fourth-order valence-electron chi connectivity index (χ4n) is 1.97. The third-order valence-corrected chi connectivity index (χ3v) is 4.15. The highest BCUT2D eigenvalue weighted by Crippen LogP contribution is 2.21. The highest BCUT2D eigenvalue weighted by molar-refractivity contribution is 7.90. The Morgan fingerprint density at radius 1 is 1.18 bits per heavy atom. The first-order chi connectivity index (χ1) is 10.4. The highest BCUT2D eigenvalue weighted by atomic mass is 32.2. The number of hydrogen-bond acceptors (Lipinski definition) is 6. The summed E-state index contributed by atoms with van der Waals surface area (Å²) in [5.41, 5.74) is 6.21. The predicted octanol–water partition coefficient (Wildman–Crippen LogP) is 0.294. The van der Waals surface area contributed by atoms with Gasteiger partial charge in [0.1, 0.15) is 5.69 Å². The van der Waals surface area contributed by atoms with Crippen LogP contribution in [0.2, 0.25) is 0 Å². The number of nitrogens with two attached hydrogens (primary N) is 1. The van der Waals surface area contributed by atoms with E-state index in [0.29, 0.717) is 17.0 Å². The Morgan fingerprint density at radius 3 is 2.64 bits per heavy atom. The second kappa shape index (κ2) is 4.88. The third kappa shape index (κ3) is 2.42. The summed E-state index contributed by atoms with van der Waals surface area (Å²) in [5.74, 6) is -0.352. The fourth-order valence-corrected chi connectivity index (χ4v) is 2.63. The molecule has 9 heteroatoms. The number of amides is 1. The van der Waals surface area contributed by atoms with Gasteiger partial charge in [0.05, 0.1) is 4.90 Å². The molecule has 0 spiro atoms. The quantitative estimate of drug-likeness (QED) is 0.741. The molecule has 2 heterocycles. The van der Waals surface area contributed by atoms with Crippen LogP contribution in [-0.4, -0.2) is 40.4 Å². The molecule has 2 N–H and O–H groups in total. The number of primary amides is 1. The number of carbonyl (C=O) groups excluding carboxylic acids is 1. The van der Waals surface area contributed by atoms with Crippen molar-refractivity contribution in [1.82, 2.24) is 19.8 Å². The number of aromatic nitrogens is 4. The summed E-state index contributed by atoms with van der Waals surface area (Å²) in [7, 11) is -3.34. The first-order valence-corrected chi connectivity index (χ1v) is 8.08. The SMILES string of the molecule is CS(=O)(=O)c1cccc(-c2nnc3ccc(C(N)=O)nn23)c1. The Bertz CT molecular complexity index is 994. The van der Waals surface area contributed by atoms with E-state index in [1.807, 2.05) is 0 Å². The molecule has 22 heavy (non-hydrogen) atoms. The number of hydrogen-bond donors (Lipinski definition) is 1. The van der Waals surface area contributed by atoms with Gasteiger partial charge in [0.25, 0.3) is 5.91 Å². The molecular weight excluding hydrogens is 306 g/mol. The number of fused-ring (bicyclic) bond motifs is 1. The van der Waals surface area contributed by atoms with Crippen LogP contribution >= 0.6 is 0 Å². The summed E-state index contributed by atoms with van der Waals surface area (Å²) in [4.78, 5) is 11.4. The van der Waals surface area contributed by atoms with Gasteiger partial charge in [-0.15, -0.1) is 10.2 Å². The molecule has 0 saturated carbocycles. The van der Waals surface area contributed by atoms with E-state index in [2.05, 4.69) is 15.3 Å². The molecule has 0 aliphatic heterocycles. The van der Waals surface area contributed by atoms with Crippen LogP contribution in [0.1, 0.15) is 10.5 Å². The van der Waals surface area contributed by atoms with E-state index in [9.17, 15) is 13.2 Å². The minimum absolute atomic E-state index is 0.0628.